The summed E-state index contributed by atoms with van der Waals surface area (Å²) in [5.41, 5.74) is 2.19. The summed E-state index contributed by atoms with van der Waals surface area (Å²) in [4.78, 5) is 27.8. The third-order valence-corrected chi connectivity index (χ3v) is 5.52. The van der Waals surface area contributed by atoms with Crippen LogP contribution in [0.25, 0.3) is 5.70 Å². The maximum absolute atomic E-state index is 12.5. The van der Waals surface area contributed by atoms with E-state index >= 15 is 0 Å². The van der Waals surface area contributed by atoms with Crippen LogP contribution in [0.4, 0.5) is 0 Å². The molecule has 0 fully saturated rings. The van der Waals surface area contributed by atoms with Crippen molar-refractivity contribution in [3.05, 3.63) is 64.4 Å². The van der Waals surface area contributed by atoms with Crippen molar-refractivity contribution in [3.63, 3.8) is 0 Å². The number of rotatable bonds is 7. The van der Waals surface area contributed by atoms with E-state index in [0.717, 1.165) is 12.0 Å². The van der Waals surface area contributed by atoms with Crippen LogP contribution in [0.15, 0.2) is 48.4 Å². The van der Waals surface area contributed by atoms with Gasteiger partial charge in [0.25, 0.3) is 5.91 Å². The molecule has 1 atom stereocenters. The number of hydrogen-bond acceptors (Lipinski definition) is 3. The van der Waals surface area contributed by atoms with Crippen molar-refractivity contribution in [2.45, 2.75) is 32.7 Å². The van der Waals surface area contributed by atoms with Gasteiger partial charge >= 0.3 is 0 Å². The van der Waals surface area contributed by atoms with Crippen LogP contribution in [0.2, 0.25) is 0 Å². The third kappa shape index (κ3) is 3.88. The van der Waals surface area contributed by atoms with Crippen molar-refractivity contribution >= 4 is 28.8 Å². The molecule has 1 aromatic heterocycles. The van der Waals surface area contributed by atoms with Gasteiger partial charge in [-0.25, -0.2) is 0 Å². The Morgan fingerprint density at radius 2 is 1.92 bits per heavy atom. The highest BCUT2D eigenvalue weighted by Gasteiger charge is 2.30. The fourth-order valence-corrected chi connectivity index (χ4v) is 4.05. The van der Waals surface area contributed by atoms with Crippen LogP contribution < -0.4 is 5.32 Å². The first-order valence-electron chi connectivity index (χ1n) is 8.90. The molecule has 0 spiro atoms. The molecular formula is C21H24N2O2S. The second kappa shape index (κ2) is 7.87. The standard InChI is InChI=1S/C21H24N2O2S/c1-14(2)13-18(19-9-6-12-26-19)22-20(24)10-11-23-15(3)16-7-4-5-8-17(16)21(23)25/h4-9,12,14,18H,3,10-11,13H2,1-2H3,(H,22,24). The molecule has 0 bridgehead atoms. The largest absolute Gasteiger partial charge is 0.348 e. The maximum Gasteiger partial charge on any atom is 0.258 e. The zero-order chi connectivity index (χ0) is 18.7. The van der Waals surface area contributed by atoms with Crippen molar-refractivity contribution < 1.29 is 9.59 Å². The van der Waals surface area contributed by atoms with Gasteiger partial charge in [-0.1, -0.05) is 44.7 Å². The van der Waals surface area contributed by atoms with Crippen LogP contribution in [0, 0.1) is 5.92 Å². The number of carbonyl (C=O) groups excluding carboxylic acids is 2. The van der Waals surface area contributed by atoms with E-state index in [4.69, 9.17) is 0 Å². The lowest BCUT2D eigenvalue weighted by Crippen LogP contribution is -2.33. The van der Waals surface area contributed by atoms with Crippen molar-refractivity contribution in [2.24, 2.45) is 5.92 Å². The van der Waals surface area contributed by atoms with Crippen LogP contribution in [-0.4, -0.2) is 23.3 Å². The summed E-state index contributed by atoms with van der Waals surface area (Å²) in [6, 6.07) is 11.5. The Morgan fingerprint density at radius 3 is 2.54 bits per heavy atom. The first-order chi connectivity index (χ1) is 12.5. The number of benzene rings is 1. The lowest BCUT2D eigenvalue weighted by atomic mass is 10.0. The number of nitrogens with one attached hydrogen (secondary N) is 1. The second-order valence-electron chi connectivity index (χ2n) is 6.96. The topological polar surface area (TPSA) is 49.4 Å². The van der Waals surface area contributed by atoms with Gasteiger partial charge in [-0.3, -0.25) is 9.59 Å². The molecule has 26 heavy (non-hydrogen) atoms. The fourth-order valence-electron chi connectivity index (χ4n) is 3.26. The Labute approximate surface area is 158 Å². The summed E-state index contributed by atoms with van der Waals surface area (Å²) in [5.74, 6) is 0.368. The minimum Gasteiger partial charge on any atom is -0.348 e. The average molecular weight is 369 g/mol. The van der Waals surface area contributed by atoms with Crippen LogP contribution in [0.5, 0.6) is 0 Å². The van der Waals surface area contributed by atoms with Crippen LogP contribution in [0.3, 0.4) is 0 Å². The Bertz CT molecular complexity index is 776. The highest BCUT2D eigenvalue weighted by molar-refractivity contribution is 7.10. The molecule has 4 nitrogen and oxygen atoms in total. The Morgan fingerprint density at radius 1 is 1.19 bits per heavy atom. The molecule has 2 heterocycles. The van der Waals surface area contributed by atoms with Crippen LogP contribution >= 0.6 is 11.3 Å². The number of amides is 2. The molecule has 1 aromatic carbocycles. The van der Waals surface area contributed by atoms with E-state index in [1.807, 2.05) is 29.6 Å². The lowest BCUT2D eigenvalue weighted by molar-refractivity contribution is -0.122. The highest BCUT2D eigenvalue weighted by atomic mass is 32.1. The summed E-state index contributed by atoms with van der Waals surface area (Å²) in [6.07, 6.45) is 1.16. The summed E-state index contributed by atoms with van der Waals surface area (Å²) in [6.45, 7) is 8.66. The van der Waals surface area contributed by atoms with Gasteiger partial charge < -0.3 is 10.2 Å². The van der Waals surface area contributed by atoms with E-state index in [-0.39, 0.29) is 24.3 Å². The van der Waals surface area contributed by atoms with E-state index in [0.29, 0.717) is 23.7 Å². The summed E-state index contributed by atoms with van der Waals surface area (Å²) in [7, 11) is 0. The molecule has 1 aliphatic rings. The molecule has 0 aliphatic carbocycles. The second-order valence-corrected chi connectivity index (χ2v) is 7.94. The van der Waals surface area contributed by atoms with E-state index in [1.54, 1.807) is 22.3 Å². The van der Waals surface area contributed by atoms with Crippen LogP contribution in [-0.2, 0) is 4.79 Å². The third-order valence-electron chi connectivity index (χ3n) is 4.53. The minimum absolute atomic E-state index is 0.0252. The van der Waals surface area contributed by atoms with Gasteiger partial charge in [0.2, 0.25) is 5.91 Å². The zero-order valence-corrected chi connectivity index (χ0v) is 16.0. The molecule has 0 saturated carbocycles. The Balaban J connectivity index is 1.60. The highest BCUT2D eigenvalue weighted by Crippen LogP contribution is 2.31. The van der Waals surface area contributed by atoms with Crippen LogP contribution in [0.1, 0.15) is 53.5 Å². The minimum atomic E-state index is -0.0737. The number of hydrogen-bond donors (Lipinski definition) is 1. The van der Waals surface area contributed by atoms with Crippen molar-refractivity contribution in [1.29, 1.82) is 0 Å². The molecule has 136 valence electrons. The quantitative estimate of drug-likeness (QED) is 0.784. The number of nitrogens with zero attached hydrogens (tertiary/aromatic N) is 1. The fraction of sp³-hybridized carbons (Fsp3) is 0.333. The smallest absolute Gasteiger partial charge is 0.258 e. The van der Waals surface area contributed by atoms with Crippen molar-refractivity contribution in [1.82, 2.24) is 10.2 Å². The first-order valence-corrected chi connectivity index (χ1v) is 9.78. The predicted molar refractivity (Wildman–Crippen MR) is 106 cm³/mol. The monoisotopic (exact) mass is 368 g/mol. The van der Waals surface area contributed by atoms with E-state index in [1.165, 1.54) is 4.88 Å². The Hall–Kier alpha value is -2.40. The molecule has 5 heteroatoms. The van der Waals surface area contributed by atoms with Gasteiger partial charge in [0, 0.05) is 34.7 Å². The Kier molecular flexibility index (Phi) is 5.57. The molecule has 0 saturated heterocycles. The number of carbonyl (C=O) groups is 2. The van der Waals surface area contributed by atoms with Gasteiger partial charge in [0.1, 0.15) is 0 Å². The van der Waals surface area contributed by atoms with E-state index < -0.39 is 0 Å². The molecule has 1 unspecified atom stereocenters. The maximum atomic E-state index is 12.5. The van der Waals surface area contributed by atoms with Gasteiger partial charge in [-0.2, -0.15) is 0 Å². The van der Waals surface area contributed by atoms with E-state index in [9.17, 15) is 9.59 Å². The normalized spacial score (nSPS) is 14.7. The summed E-state index contributed by atoms with van der Waals surface area (Å²) < 4.78 is 0. The van der Waals surface area contributed by atoms with Gasteiger partial charge in [0.15, 0.2) is 0 Å². The molecule has 3 rings (SSSR count). The average Bonchev–Trinajstić information content (AvgIpc) is 3.22. The summed E-state index contributed by atoms with van der Waals surface area (Å²) in [5, 5.41) is 5.16. The molecule has 0 radical (unpaired) electrons. The van der Waals surface area contributed by atoms with Crippen molar-refractivity contribution in [3.8, 4) is 0 Å². The van der Waals surface area contributed by atoms with Gasteiger partial charge in [-0.15, -0.1) is 11.3 Å². The zero-order valence-electron chi connectivity index (χ0n) is 15.2. The van der Waals surface area contributed by atoms with E-state index in [2.05, 4.69) is 31.8 Å². The molecule has 2 amide bonds. The molecule has 1 aliphatic heterocycles. The van der Waals surface area contributed by atoms with Gasteiger partial charge in [-0.05, 0) is 29.9 Å². The number of thiophene rings is 1. The molecule has 2 aromatic rings. The molecular weight excluding hydrogens is 344 g/mol. The molecule has 1 N–H and O–H groups in total. The number of fused-ring (bicyclic) bond motifs is 1. The lowest BCUT2D eigenvalue weighted by Gasteiger charge is -2.21. The van der Waals surface area contributed by atoms with Gasteiger partial charge in [0.05, 0.1) is 6.04 Å². The predicted octanol–water partition coefficient (Wildman–Crippen LogP) is 4.47. The van der Waals surface area contributed by atoms with Crippen molar-refractivity contribution in [2.75, 3.05) is 6.54 Å². The first kappa shape index (κ1) is 18.4. The SMILES string of the molecule is C=C1c2ccccc2C(=O)N1CCC(=O)NC(CC(C)C)c1cccs1. The summed E-state index contributed by atoms with van der Waals surface area (Å²) >= 11 is 1.66.